The summed E-state index contributed by atoms with van der Waals surface area (Å²) in [6.45, 7) is 2.73. The van der Waals surface area contributed by atoms with E-state index >= 15 is 0 Å². The molecule has 1 N–H and O–H groups in total. The lowest BCUT2D eigenvalue weighted by Gasteiger charge is -2.30. The number of aliphatic carboxylic acids is 1. The van der Waals surface area contributed by atoms with Crippen molar-refractivity contribution >= 4 is 18.0 Å². The second-order valence-electron chi connectivity index (χ2n) is 4.67. The van der Waals surface area contributed by atoms with Gasteiger partial charge >= 0.3 is 5.97 Å². The number of ether oxygens (including phenoxy) is 1. The summed E-state index contributed by atoms with van der Waals surface area (Å²) < 4.78 is 5.08. The summed E-state index contributed by atoms with van der Waals surface area (Å²) in [4.78, 5) is 24.4. The number of morpholine rings is 1. The van der Waals surface area contributed by atoms with Crippen LogP contribution in [0.2, 0.25) is 0 Å². The summed E-state index contributed by atoms with van der Waals surface area (Å²) in [6.07, 6.45) is 2.30. The van der Waals surface area contributed by atoms with Crippen LogP contribution in [0.1, 0.15) is 11.1 Å². The zero-order chi connectivity index (χ0) is 14.5. The number of benzene rings is 1. The predicted octanol–water partition coefficient (Wildman–Crippen LogP) is 1.32. The molecule has 5 heteroatoms. The van der Waals surface area contributed by atoms with Gasteiger partial charge in [0, 0.05) is 12.6 Å². The van der Waals surface area contributed by atoms with Gasteiger partial charge in [-0.2, -0.15) is 0 Å². The van der Waals surface area contributed by atoms with Crippen LogP contribution >= 0.6 is 0 Å². The lowest BCUT2D eigenvalue weighted by atomic mass is 10.1. The molecule has 0 aliphatic carbocycles. The van der Waals surface area contributed by atoms with Crippen LogP contribution < -0.4 is 0 Å². The highest BCUT2D eigenvalue weighted by Crippen LogP contribution is 2.11. The van der Waals surface area contributed by atoms with Crippen LogP contribution in [0.3, 0.4) is 0 Å². The lowest BCUT2D eigenvalue weighted by molar-refractivity contribution is -0.158. The van der Waals surface area contributed by atoms with Crippen LogP contribution in [0.25, 0.3) is 6.08 Å². The summed E-state index contributed by atoms with van der Waals surface area (Å²) in [7, 11) is 0. The van der Waals surface area contributed by atoms with Crippen LogP contribution in [0.5, 0.6) is 0 Å². The van der Waals surface area contributed by atoms with E-state index in [9.17, 15) is 9.59 Å². The number of nitrogens with zero attached hydrogens (tertiary/aromatic N) is 1. The minimum Gasteiger partial charge on any atom is -0.479 e. The van der Waals surface area contributed by atoms with Gasteiger partial charge in [-0.15, -0.1) is 0 Å². The van der Waals surface area contributed by atoms with Crippen molar-refractivity contribution < 1.29 is 19.4 Å². The third kappa shape index (κ3) is 3.45. The molecule has 1 aliphatic rings. The minimum atomic E-state index is -1.04. The Morgan fingerprint density at radius 3 is 2.85 bits per heavy atom. The van der Waals surface area contributed by atoms with Crippen LogP contribution in [0, 0.1) is 6.92 Å². The second kappa shape index (κ2) is 6.34. The van der Waals surface area contributed by atoms with Crippen molar-refractivity contribution in [1.29, 1.82) is 0 Å². The normalized spacial score (nSPS) is 19.2. The number of carboxylic acids is 1. The van der Waals surface area contributed by atoms with Crippen LogP contribution in [0.4, 0.5) is 0 Å². The van der Waals surface area contributed by atoms with Crippen molar-refractivity contribution in [3.8, 4) is 0 Å². The molecule has 1 saturated heterocycles. The monoisotopic (exact) mass is 275 g/mol. The molecule has 0 saturated carbocycles. The fourth-order valence-corrected chi connectivity index (χ4v) is 2.04. The maximum atomic E-state index is 12.0. The van der Waals surface area contributed by atoms with Gasteiger partial charge in [-0.1, -0.05) is 24.3 Å². The van der Waals surface area contributed by atoms with E-state index < -0.39 is 12.1 Å². The molecule has 5 nitrogen and oxygen atoms in total. The predicted molar refractivity (Wildman–Crippen MR) is 74.2 cm³/mol. The molecule has 0 bridgehead atoms. The van der Waals surface area contributed by atoms with Gasteiger partial charge < -0.3 is 14.7 Å². The molecule has 1 heterocycles. The van der Waals surface area contributed by atoms with Crippen molar-refractivity contribution in [2.24, 2.45) is 0 Å². The Morgan fingerprint density at radius 2 is 2.15 bits per heavy atom. The molecule has 1 aliphatic heterocycles. The summed E-state index contributed by atoms with van der Waals surface area (Å²) >= 11 is 0. The van der Waals surface area contributed by atoms with Gasteiger partial charge in [-0.25, -0.2) is 4.79 Å². The summed E-state index contributed by atoms with van der Waals surface area (Å²) in [5.41, 5.74) is 2.06. The standard InChI is InChI=1S/C15H17NO4/c1-11-4-2-3-5-12(11)6-7-14(17)16-8-9-20-13(10-16)15(18)19/h2-7,13H,8-10H2,1H3,(H,18,19)/b7-6+. The smallest absolute Gasteiger partial charge is 0.334 e. The van der Waals surface area contributed by atoms with E-state index in [1.165, 1.54) is 11.0 Å². The highest BCUT2D eigenvalue weighted by Gasteiger charge is 2.27. The Kier molecular flexibility index (Phi) is 4.53. The van der Waals surface area contributed by atoms with Crippen molar-refractivity contribution in [2.45, 2.75) is 13.0 Å². The van der Waals surface area contributed by atoms with Crippen LogP contribution in [-0.4, -0.2) is 47.7 Å². The molecule has 0 spiro atoms. The Hall–Kier alpha value is -2.14. The van der Waals surface area contributed by atoms with Crippen molar-refractivity contribution in [1.82, 2.24) is 4.90 Å². The Labute approximate surface area is 117 Å². The van der Waals surface area contributed by atoms with Crippen molar-refractivity contribution in [3.63, 3.8) is 0 Å². The fraction of sp³-hybridized carbons (Fsp3) is 0.333. The van der Waals surface area contributed by atoms with Gasteiger partial charge in [0.15, 0.2) is 6.10 Å². The molecule has 1 aromatic carbocycles. The number of hydrogen-bond acceptors (Lipinski definition) is 3. The highest BCUT2D eigenvalue weighted by atomic mass is 16.5. The second-order valence-corrected chi connectivity index (χ2v) is 4.67. The summed E-state index contributed by atoms with van der Waals surface area (Å²) in [6, 6.07) is 7.75. The van der Waals surface area contributed by atoms with Gasteiger partial charge in [-0.05, 0) is 24.1 Å². The SMILES string of the molecule is Cc1ccccc1/C=C/C(=O)N1CCOC(C(=O)O)C1. The van der Waals surface area contributed by atoms with Crippen molar-refractivity contribution in [3.05, 3.63) is 41.5 Å². The van der Waals surface area contributed by atoms with Crippen LogP contribution in [-0.2, 0) is 14.3 Å². The van der Waals surface area contributed by atoms with E-state index in [-0.39, 0.29) is 19.1 Å². The van der Waals surface area contributed by atoms with Gasteiger partial charge in [0.2, 0.25) is 5.91 Å². The number of rotatable bonds is 3. The van der Waals surface area contributed by atoms with Gasteiger partial charge in [0.1, 0.15) is 0 Å². The molecule has 0 aromatic heterocycles. The highest BCUT2D eigenvalue weighted by molar-refractivity contribution is 5.92. The lowest BCUT2D eigenvalue weighted by Crippen LogP contribution is -2.48. The van der Waals surface area contributed by atoms with E-state index in [0.29, 0.717) is 6.54 Å². The minimum absolute atomic E-state index is 0.0896. The maximum Gasteiger partial charge on any atom is 0.334 e. The largest absolute Gasteiger partial charge is 0.479 e. The Bertz CT molecular complexity index is 538. The van der Waals surface area contributed by atoms with E-state index in [0.717, 1.165) is 11.1 Å². The first-order valence-corrected chi connectivity index (χ1v) is 6.45. The van der Waals surface area contributed by atoms with Crippen LogP contribution in [0.15, 0.2) is 30.3 Å². The third-order valence-corrected chi connectivity index (χ3v) is 3.25. The van der Waals surface area contributed by atoms with Gasteiger partial charge in [-0.3, -0.25) is 4.79 Å². The molecular weight excluding hydrogens is 258 g/mol. The zero-order valence-corrected chi connectivity index (χ0v) is 11.3. The van der Waals surface area contributed by atoms with E-state index in [1.54, 1.807) is 6.08 Å². The molecule has 1 atom stereocenters. The third-order valence-electron chi connectivity index (χ3n) is 3.25. The molecule has 0 radical (unpaired) electrons. The number of carbonyl (C=O) groups excluding carboxylic acids is 1. The van der Waals surface area contributed by atoms with Gasteiger partial charge in [0.25, 0.3) is 0 Å². The molecule has 20 heavy (non-hydrogen) atoms. The molecule has 1 fully saturated rings. The number of carbonyl (C=O) groups is 2. The van der Waals surface area contributed by atoms with Crippen molar-refractivity contribution in [2.75, 3.05) is 19.7 Å². The first kappa shape index (κ1) is 14.3. The Balaban J connectivity index is 2.01. The number of carboxylic acid groups (broad SMARTS) is 1. The van der Waals surface area contributed by atoms with E-state index in [1.807, 2.05) is 31.2 Å². The average molecular weight is 275 g/mol. The molecule has 1 aromatic rings. The number of aryl methyl sites for hydroxylation is 1. The Morgan fingerprint density at radius 1 is 1.40 bits per heavy atom. The summed E-state index contributed by atoms with van der Waals surface area (Å²) in [5, 5.41) is 8.90. The molecule has 106 valence electrons. The first-order chi connectivity index (χ1) is 9.58. The molecular formula is C15H17NO4. The molecule has 1 amide bonds. The average Bonchev–Trinajstić information content (AvgIpc) is 2.46. The first-order valence-electron chi connectivity index (χ1n) is 6.45. The zero-order valence-electron chi connectivity index (χ0n) is 11.3. The number of amides is 1. The quantitative estimate of drug-likeness (QED) is 0.845. The summed E-state index contributed by atoms with van der Waals surface area (Å²) in [5.74, 6) is -1.23. The number of hydrogen-bond donors (Lipinski definition) is 1. The fourth-order valence-electron chi connectivity index (χ4n) is 2.04. The molecule has 1 unspecified atom stereocenters. The van der Waals surface area contributed by atoms with Gasteiger partial charge in [0.05, 0.1) is 13.2 Å². The van der Waals surface area contributed by atoms with E-state index in [4.69, 9.17) is 9.84 Å². The topological polar surface area (TPSA) is 66.8 Å². The maximum absolute atomic E-state index is 12.0. The van der Waals surface area contributed by atoms with E-state index in [2.05, 4.69) is 0 Å². The molecule has 2 rings (SSSR count).